The highest BCUT2D eigenvalue weighted by molar-refractivity contribution is 7.26. The van der Waals surface area contributed by atoms with Gasteiger partial charge in [-0.05, 0) is 35.2 Å². The molecule has 1 saturated heterocycles. The minimum absolute atomic E-state index is 0.190. The SMILES string of the molecule is OC[C@H]1O[C@@H](c2cc(Cc3cc4sccc4s3)c(Cl)cc2O)[C@H](O)[C@@H](O)[C@@H]1O. The Kier molecular flexibility index (Phi) is 5.65. The molecular formula is C19H19ClO6S2. The zero-order chi connectivity index (χ0) is 20.0. The first-order valence-corrected chi connectivity index (χ1v) is 10.7. The van der Waals surface area contributed by atoms with Crippen LogP contribution in [0.15, 0.2) is 29.6 Å². The maximum absolute atomic E-state index is 10.4. The van der Waals surface area contributed by atoms with Crippen LogP contribution in [0, 0.1) is 0 Å². The molecule has 5 atom stereocenters. The van der Waals surface area contributed by atoms with Gasteiger partial charge in [-0.3, -0.25) is 0 Å². The Morgan fingerprint density at radius 2 is 1.82 bits per heavy atom. The second-order valence-electron chi connectivity index (χ2n) is 6.79. The number of aliphatic hydroxyl groups excluding tert-OH is 4. The van der Waals surface area contributed by atoms with E-state index in [1.54, 1.807) is 28.7 Å². The van der Waals surface area contributed by atoms with Gasteiger partial charge in [-0.25, -0.2) is 0 Å². The first-order valence-electron chi connectivity index (χ1n) is 8.66. The van der Waals surface area contributed by atoms with Crippen molar-refractivity contribution in [3.8, 4) is 5.75 Å². The zero-order valence-corrected chi connectivity index (χ0v) is 16.9. The zero-order valence-electron chi connectivity index (χ0n) is 14.5. The molecule has 3 aromatic rings. The van der Waals surface area contributed by atoms with Gasteiger partial charge in [0.15, 0.2) is 0 Å². The van der Waals surface area contributed by atoms with E-state index in [9.17, 15) is 25.5 Å². The van der Waals surface area contributed by atoms with Crippen molar-refractivity contribution in [3.63, 3.8) is 0 Å². The summed E-state index contributed by atoms with van der Waals surface area (Å²) >= 11 is 9.65. The first kappa shape index (κ1) is 20.1. The molecule has 0 saturated carbocycles. The molecule has 5 N–H and O–H groups in total. The van der Waals surface area contributed by atoms with Crippen LogP contribution in [0.1, 0.15) is 22.1 Å². The van der Waals surface area contributed by atoms with Crippen molar-refractivity contribution in [3.05, 3.63) is 50.7 Å². The number of hydrogen-bond donors (Lipinski definition) is 5. The monoisotopic (exact) mass is 442 g/mol. The number of aliphatic hydroxyl groups is 4. The van der Waals surface area contributed by atoms with Crippen LogP contribution in [0.5, 0.6) is 5.75 Å². The van der Waals surface area contributed by atoms with Crippen LogP contribution >= 0.6 is 34.3 Å². The third-order valence-electron chi connectivity index (χ3n) is 4.95. The molecule has 1 fully saturated rings. The van der Waals surface area contributed by atoms with Gasteiger partial charge in [0.05, 0.1) is 6.61 Å². The second kappa shape index (κ2) is 7.89. The topological polar surface area (TPSA) is 110 Å². The molecule has 6 nitrogen and oxygen atoms in total. The summed E-state index contributed by atoms with van der Waals surface area (Å²) in [7, 11) is 0. The standard InChI is InChI=1S/C19H19ClO6S2/c20-11-6-12(22)10(19-18(25)17(24)16(23)13(7-21)26-19)4-8(11)3-9-5-15-14(28-9)1-2-27-15/h1-2,4-6,13,16-19,21-25H,3,7H2/t13-,16-,17+,18-,19+/m1/s1. The van der Waals surface area contributed by atoms with Crippen LogP contribution < -0.4 is 0 Å². The van der Waals surface area contributed by atoms with Crippen LogP contribution in [0.25, 0.3) is 9.40 Å². The Labute approximate surface area is 173 Å². The maximum Gasteiger partial charge on any atom is 0.122 e. The lowest BCUT2D eigenvalue weighted by atomic mass is 9.90. The van der Waals surface area contributed by atoms with E-state index in [-0.39, 0.29) is 11.3 Å². The lowest BCUT2D eigenvalue weighted by molar-refractivity contribution is -0.232. The third kappa shape index (κ3) is 3.55. The summed E-state index contributed by atoms with van der Waals surface area (Å²) in [6.45, 7) is -0.533. The van der Waals surface area contributed by atoms with Gasteiger partial charge in [-0.15, -0.1) is 22.7 Å². The smallest absolute Gasteiger partial charge is 0.122 e. The molecule has 4 rings (SSSR count). The summed E-state index contributed by atoms with van der Waals surface area (Å²) in [5.41, 5.74) is 0.981. The molecule has 1 aromatic carbocycles. The van der Waals surface area contributed by atoms with Crippen molar-refractivity contribution in [2.75, 3.05) is 6.61 Å². The highest BCUT2D eigenvalue weighted by atomic mass is 35.5. The molecule has 0 bridgehead atoms. The number of thiophene rings is 2. The quantitative estimate of drug-likeness (QED) is 0.424. The highest BCUT2D eigenvalue weighted by Gasteiger charge is 2.44. The Hall–Kier alpha value is -1.23. The van der Waals surface area contributed by atoms with Crippen molar-refractivity contribution in [2.24, 2.45) is 0 Å². The summed E-state index contributed by atoms with van der Waals surface area (Å²) < 4.78 is 7.97. The number of rotatable bonds is 4. The number of phenols is 1. The number of aromatic hydroxyl groups is 1. The van der Waals surface area contributed by atoms with E-state index in [4.69, 9.17) is 16.3 Å². The molecule has 0 aliphatic carbocycles. The van der Waals surface area contributed by atoms with Gasteiger partial charge in [-0.2, -0.15) is 0 Å². The summed E-state index contributed by atoms with van der Waals surface area (Å²) in [5.74, 6) is -0.190. The normalized spacial score (nSPS) is 28.1. The number of halogens is 1. The van der Waals surface area contributed by atoms with Gasteiger partial charge < -0.3 is 30.3 Å². The molecule has 3 heterocycles. The van der Waals surface area contributed by atoms with Crippen LogP contribution in [0.4, 0.5) is 0 Å². The summed E-state index contributed by atoms with van der Waals surface area (Å²) in [6.07, 6.45) is -6.06. The van der Waals surface area contributed by atoms with E-state index in [2.05, 4.69) is 12.1 Å². The van der Waals surface area contributed by atoms with Crippen molar-refractivity contribution in [1.29, 1.82) is 0 Å². The van der Waals surface area contributed by atoms with Gasteiger partial charge >= 0.3 is 0 Å². The molecule has 150 valence electrons. The van der Waals surface area contributed by atoms with Crippen LogP contribution in [-0.4, -0.2) is 56.6 Å². The molecule has 9 heteroatoms. The third-order valence-corrected chi connectivity index (χ3v) is 7.39. The summed E-state index contributed by atoms with van der Waals surface area (Å²) in [4.78, 5) is 1.11. The summed E-state index contributed by atoms with van der Waals surface area (Å²) in [6, 6.07) is 7.18. The van der Waals surface area contributed by atoms with E-state index in [1.807, 2.05) is 5.38 Å². The predicted molar refractivity (Wildman–Crippen MR) is 108 cm³/mol. The molecule has 0 unspecified atom stereocenters. The van der Waals surface area contributed by atoms with Crippen molar-refractivity contribution >= 4 is 43.7 Å². The number of hydrogen-bond acceptors (Lipinski definition) is 8. The number of ether oxygens (including phenoxy) is 1. The molecule has 0 spiro atoms. The minimum Gasteiger partial charge on any atom is -0.508 e. The van der Waals surface area contributed by atoms with Crippen molar-refractivity contribution < 1.29 is 30.3 Å². The van der Waals surface area contributed by atoms with Gasteiger partial charge in [0, 0.05) is 31.3 Å². The highest BCUT2D eigenvalue weighted by Crippen LogP contribution is 2.40. The molecule has 0 amide bonds. The molecule has 0 radical (unpaired) electrons. The van der Waals surface area contributed by atoms with Crippen LogP contribution in [0.2, 0.25) is 5.02 Å². The van der Waals surface area contributed by atoms with Crippen LogP contribution in [-0.2, 0) is 11.2 Å². The Morgan fingerprint density at radius 1 is 1.04 bits per heavy atom. The van der Waals surface area contributed by atoms with Gasteiger partial charge in [0.25, 0.3) is 0 Å². The minimum atomic E-state index is -1.52. The van der Waals surface area contributed by atoms with Gasteiger partial charge in [-0.1, -0.05) is 11.6 Å². The molecular weight excluding hydrogens is 424 g/mol. The lowest BCUT2D eigenvalue weighted by Gasteiger charge is -2.40. The molecule has 2 aromatic heterocycles. The van der Waals surface area contributed by atoms with Crippen molar-refractivity contribution in [1.82, 2.24) is 0 Å². The number of fused-ring (bicyclic) bond motifs is 1. The fraction of sp³-hybridized carbons (Fsp3) is 0.368. The molecule has 1 aliphatic heterocycles. The van der Waals surface area contributed by atoms with E-state index in [1.165, 1.54) is 15.5 Å². The first-order chi connectivity index (χ1) is 13.4. The predicted octanol–water partition coefficient (Wildman–Crippen LogP) is 2.43. The van der Waals surface area contributed by atoms with Crippen molar-refractivity contribution in [2.45, 2.75) is 36.9 Å². The van der Waals surface area contributed by atoms with E-state index in [0.29, 0.717) is 11.4 Å². The Bertz CT molecular complexity index is 956. The van der Waals surface area contributed by atoms with Gasteiger partial charge in [0.1, 0.15) is 36.3 Å². The number of benzene rings is 1. The Balaban J connectivity index is 1.67. The van der Waals surface area contributed by atoms with E-state index >= 15 is 0 Å². The largest absolute Gasteiger partial charge is 0.508 e. The van der Waals surface area contributed by atoms with Crippen LogP contribution in [0.3, 0.4) is 0 Å². The van der Waals surface area contributed by atoms with E-state index < -0.39 is 37.1 Å². The number of phenolic OH excluding ortho intramolecular Hbond substituents is 1. The van der Waals surface area contributed by atoms with E-state index in [0.717, 1.165) is 10.4 Å². The maximum atomic E-state index is 10.4. The Morgan fingerprint density at radius 3 is 2.54 bits per heavy atom. The fourth-order valence-corrected chi connectivity index (χ4v) is 5.82. The van der Waals surface area contributed by atoms with Gasteiger partial charge in [0.2, 0.25) is 0 Å². The fourth-order valence-electron chi connectivity index (χ4n) is 3.44. The lowest BCUT2D eigenvalue weighted by Crippen LogP contribution is -2.55. The molecule has 28 heavy (non-hydrogen) atoms. The molecule has 1 aliphatic rings. The average Bonchev–Trinajstić information content (AvgIpc) is 3.24. The average molecular weight is 443 g/mol. The summed E-state index contributed by atoms with van der Waals surface area (Å²) in [5, 5.41) is 52.5. The second-order valence-corrected chi connectivity index (χ2v) is 9.31.